The first-order chi connectivity index (χ1) is 6.49. The smallest absolute Gasteiger partial charge is 0.236 e. The number of aromatic nitrogens is 1. The molecule has 1 aromatic heterocycles. The molecule has 0 spiro atoms. The molecule has 1 aromatic rings. The molecule has 0 bridgehead atoms. The lowest BCUT2D eigenvalue weighted by molar-refractivity contribution is 0.105. The van der Waals surface area contributed by atoms with Crippen molar-refractivity contribution in [2.24, 2.45) is 0 Å². The van der Waals surface area contributed by atoms with Gasteiger partial charge in [-0.2, -0.15) is 0 Å². The van der Waals surface area contributed by atoms with E-state index in [4.69, 9.17) is 0 Å². The number of rotatable bonds is 1. The minimum Gasteiger partial charge on any atom is -0.378 e. The summed E-state index contributed by atoms with van der Waals surface area (Å²) in [5.74, 6) is 4.52. The summed E-state index contributed by atoms with van der Waals surface area (Å²) < 4.78 is 0. The van der Waals surface area contributed by atoms with Crippen molar-refractivity contribution in [3.05, 3.63) is 30.1 Å². The van der Waals surface area contributed by atoms with Gasteiger partial charge < -0.3 is 5.11 Å². The summed E-state index contributed by atoms with van der Waals surface area (Å²) in [4.78, 5) is 15.2. The number of hydrogen-bond donors (Lipinski definition) is 1. The van der Waals surface area contributed by atoms with Gasteiger partial charge in [-0.1, -0.05) is 5.92 Å². The third-order valence-electron chi connectivity index (χ3n) is 1.42. The molecule has 0 aliphatic rings. The summed E-state index contributed by atoms with van der Waals surface area (Å²) in [7, 11) is 0. The highest BCUT2D eigenvalue weighted by molar-refractivity contribution is 6.08. The Hall–Kier alpha value is -1.66. The van der Waals surface area contributed by atoms with Gasteiger partial charge in [0, 0.05) is 18.0 Å². The molecule has 0 aromatic carbocycles. The summed E-state index contributed by atoms with van der Waals surface area (Å²) in [5, 5.41) is 9.28. The zero-order valence-electron chi connectivity index (χ0n) is 8.11. The van der Waals surface area contributed by atoms with Crippen LogP contribution in [0.4, 0.5) is 0 Å². The Bertz CT molecular complexity index is 379. The van der Waals surface area contributed by atoms with E-state index in [0.717, 1.165) is 0 Å². The van der Waals surface area contributed by atoms with Crippen LogP contribution < -0.4 is 0 Å². The summed E-state index contributed by atoms with van der Waals surface area (Å²) in [6.45, 7) is 3.06. The lowest BCUT2D eigenvalue weighted by atomic mass is 10.1. The van der Waals surface area contributed by atoms with Crippen molar-refractivity contribution < 1.29 is 9.90 Å². The molecule has 0 atom stereocenters. The van der Waals surface area contributed by atoms with Gasteiger partial charge in [-0.3, -0.25) is 9.78 Å². The molecule has 0 radical (unpaired) electrons. The second-order valence-corrected chi connectivity index (χ2v) is 3.37. The zero-order valence-corrected chi connectivity index (χ0v) is 8.11. The monoisotopic (exact) mass is 189 g/mol. The summed E-state index contributed by atoms with van der Waals surface area (Å²) in [5.41, 5.74) is -0.653. The molecule has 0 saturated heterocycles. The third kappa shape index (κ3) is 3.38. The second-order valence-electron chi connectivity index (χ2n) is 3.37. The minimum atomic E-state index is -1.14. The number of carbonyl (C=O) groups is 1. The summed E-state index contributed by atoms with van der Waals surface area (Å²) in [6.07, 6.45) is 3.05. The van der Waals surface area contributed by atoms with Gasteiger partial charge in [0.15, 0.2) is 0 Å². The Morgan fingerprint density at radius 3 is 2.50 bits per heavy atom. The van der Waals surface area contributed by atoms with E-state index in [2.05, 4.69) is 16.8 Å². The normalized spacial score (nSPS) is 10.2. The van der Waals surface area contributed by atoms with E-state index < -0.39 is 5.60 Å². The van der Waals surface area contributed by atoms with Crippen molar-refractivity contribution in [1.29, 1.82) is 0 Å². The lowest BCUT2D eigenvalue weighted by Gasteiger charge is -2.05. The number of carbonyl (C=O) groups excluding carboxylic acids is 1. The average molecular weight is 189 g/mol. The van der Waals surface area contributed by atoms with Crippen molar-refractivity contribution in [2.45, 2.75) is 19.4 Å². The Morgan fingerprint density at radius 2 is 2.00 bits per heavy atom. The van der Waals surface area contributed by atoms with Crippen LogP contribution in [0.25, 0.3) is 0 Å². The van der Waals surface area contributed by atoms with Crippen LogP contribution in [0.1, 0.15) is 24.2 Å². The zero-order chi connectivity index (χ0) is 10.6. The van der Waals surface area contributed by atoms with Gasteiger partial charge in [-0.15, -0.1) is 0 Å². The number of aliphatic hydroxyl groups is 1. The SMILES string of the molecule is CC(C)(O)C#CC(=O)c1ccncc1. The highest BCUT2D eigenvalue weighted by Gasteiger charge is 2.07. The highest BCUT2D eigenvalue weighted by atomic mass is 16.3. The van der Waals surface area contributed by atoms with E-state index in [1.807, 2.05) is 0 Å². The van der Waals surface area contributed by atoms with Crippen LogP contribution in [0.2, 0.25) is 0 Å². The van der Waals surface area contributed by atoms with Gasteiger partial charge in [-0.25, -0.2) is 0 Å². The van der Waals surface area contributed by atoms with Crippen LogP contribution in [0.5, 0.6) is 0 Å². The van der Waals surface area contributed by atoms with E-state index >= 15 is 0 Å². The maximum Gasteiger partial charge on any atom is 0.236 e. The molecule has 3 nitrogen and oxygen atoms in total. The van der Waals surface area contributed by atoms with E-state index in [0.29, 0.717) is 5.56 Å². The molecule has 1 N–H and O–H groups in total. The number of nitrogens with zero attached hydrogens (tertiary/aromatic N) is 1. The largest absolute Gasteiger partial charge is 0.378 e. The third-order valence-corrected chi connectivity index (χ3v) is 1.42. The van der Waals surface area contributed by atoms with E-state index in [-0.39, 0.29) is 5.78 Å². The fraction of sp³-hybridized carbons (Fsp3) is 0.273. The van der Waals surface area contributed by atoms with Gasteiger partial charge in [0.2, 0.25) is 5.78 Å². The minimum absolute atomic E-state index is 0.311. The van der Waals surface area contributed by atoms with Crippen molar-refractivity contribution in [1.82, 2.24) is 4.98 Å². The highest BCUT2D eigenvalue weighted by Crippen LogP contribution is 1.99. The number of hydrogen-bond acceptors (Lipinski definition) is 3. The molecule has 14 heavy (non-hydrogen) atoms. The molecule has 0 saturated carbocycles. The van der Waals surface area contributed by atoms with Crippen molar-refractivity contribution >= 4 is 5.78 Å². The first-order valence-corrected chi connectivity index (χ1v) is 4.19. The fourth-order valence-corrected chi connectivity index (χ4v) is 0.785. The molecule has 1 heterocycles. The van der Waals surface area contributed by atoms with Gasteiger partial charge >= 0.3 is 0 Å². The summed E-state index contributed by atoms with van der Waals surface area (Å²) in [6, 6.07) is 3.17. The summed E-state index contributed by atoms with van der Waals surface area (Å²) >= 11 is 0. The predicted octanol–water partition coefficient (Wildman–Crippen LogP) is 1.04. The Morgan fingerprint density at radius 1 is 1.43 bits per heavy atom. The van der Waals surface area contributed by atoms with Crippen LogP contribution in [0.3, 0.4) is 0 Å². The topological polar surface area (TPSA) is 50.2 Å². The van der Waals surface area contributed by atoms with E-state index in [9.17, 15) is 9.90 Å². The predicted molar refractivity (Wildman–Crippen MR) is 52.6 cm³/mol. The van der Waals surface area contributed by atoms with Crippen molar-refractivity contribution in [2.75, 3.05) is 0 Å². The molecule has 3 heteroatoms. The maximum atomic E-state index is 11.4. The van der Waals surface area contributed by atoms with Crippen LogP contribution in [0.15, 0.2) is 24.5 Å². The molecule has 0 unspecified atom stereocenters. The van der Waals surface area contributed by atoms with Gasteiger partial charge in [0.1, 0.15) is 5.60 Å². The average Bonchev–Trinajstić information content (AvgIpc) is 2.14. The van der Waals surface area contributed by atoms with Gasteiger partial charge in [0.05, 0.1) is 0 Å². The van der Waals surface area contributed by atoms with Crippen molar-refractivity contribution in [3.63, 3.8) is 0 Å². The first kappa shape index (κ1) is 10.4. The maximum absolute atomic E-state index is 11.4. The Balaban J connectivity index is 2.82. The lowest BCUT2D eigenvalue weighted by Crippen LogP contribution is -2.15. The Labute approximate surface area is 82.8 Å². The molecule has 0 aliphatic carbocycles. The number of pyridine rings is 1. The number of ketones is 1. The fourth-order valence-electron chi connectivity index (χ4n) is 0.785. The standard InChI is InChI=1S/C11H11NO2/c1-11(2,14)6-3-10(13)9-4-7-12-8-5-9/h4-5,7-8,14H,1-2H3. The van der Waals surface area contributed by atoms with E-state index in [1.165, 1.54) is 26.2 Å². The van der Waals surface area contributed by atoms with Gasteiger partial charge in [-0.05, 0) is 31.9 Å². The Kier molecular flexibility index (Phi) is 3.00. The first-order valence-electron chi connectivity index (χ1n) is 4.19. The number of Topliss-reactive ketones (excluding diaryl/α,β-unsaturated/α-hetero) is 1. The molecular formula is C11H11NO2. The molecule has 0 amide bonds. The van der Waals surface area contributed by atoms with E-state index in [1.54, 1.807) is 12.1 Å². The van der Waals surface area contributed by atoms with Gasteiger partial charge in [0.25, 0.3) is 0 Å². The quantitative estimate of drug-likeness (QED) is 0.408. The molecule has 0 aliphatic heterocycles. The van der Waals surface area contributed by atoms with Crippen molar-refractivity contribution in [3.8, 4) is 11.8 Å². The molecular weight excluding hydrogens is 178 g/mol. The van der Waals surface area contributed by atoms with Crippen LogP contribution in [-0.4, -0.2) is 21.5 Å². The van der Waals surface area contributed by atoms with Crippen LogP contribution >= 0.6 is 0 Å². The molecule has 72 valence electrons. The van der Waals surface area contributed by atoms with Crippen LogP contribution in [0, 0.1) is 11.8 Å². The second kappa shape index (κ2) is 4.03. The molecule has 0 fully saturated rings. The molecule has 1 rings (SSSR count). The van der Waals surface area contributed by atoms with Crippen LogP contribution in [-0.2, 0) is 0 Å².